The second-order valence-corrected chi connectivity index (χ2v) is 5.10. The van der Waals surface area contributed by atoms with Gasteiger partial charge in [0.2, 0.25) is 0 Å². The van der Waals surface area contributed by atoms with Gasteiger partial charge in [0, 0.05) is 10.0 Å². The Kier molecular flexibility index (Phi) is 5.50. The normalized spacial score (nSPS) is 12.0. The van der Waals surface area contributed by atoms with Crippen molar-refractivity contribution in [3.8, 4) is 5.75 Å². The average Bonchev–Trinajstić information content (AvgIpc) is 2.95. The van der Waals surface area contributed by atoms with Gasteiger partial charge in [0.15, 0.2) is 6.61 Å². The molecule has 1 aromatic heterocycles. The van der Waals surface area contributed by atoms with Crippen LogP contribution in [0.25, 0.3) is 0 Å². The monoisotopic (exact) mass is 329 g/mol. The van der Waals surface area contributed by atoms with Crippen molar-refractivity contribution in [3.63, 3.8) is 0 Å². The summed E-state index contributed by atoms with van der Waals surface area (Å²) in [5.74, 6) is 0.406. The molecule has 0 saturated heterocycles. The molecule has 1 atom stereocenters. The number of nitrogens with one attached hydrogen (secondary N) is 1. The Labute approximate surface area is 131 Å². The molecule has 0 aliphatic rings. The number of amides is 1. The molecule has 0 fully saturated rings. The van der Waals surface area contributed by atoms with Crippen LogP contribution in [0, 0.1) is 0 Å². The minimum absolute atomic E-state index is 0.0337. The van der Waals surface area contributed by atoms with Gasteiger partial charge in [0.25, 0.3) is 5.91 Å². The molecule has 2 aromatic rings. The van der Waals surface area contributed by atoms with Gasteiger partial charge in [0.05, 0.1) is 12.8 Å². The summed E-state index contributed by atoms with van der Waals surface area (Å²) in [5, 5.41) is 13.1. The van der Waals surface area contributed by atoms with Crippen LogP contribution >= 0.6 is 23.2 Å². The lowest BCUT2D eigenvalue weighted by Gasteiger charge is -2.10. The molecule has 0 bridgehead atoms. The number of carbonyl (C=O) groups excluding carboxylic acids is 1. The summed E-state index contributed by atoms with van der Waals surface area (Å²) in [6.07, 6.45) is 0.552. The molecular weight excluding hydrogens is 317 g/mol. The van der Waals surface area contributed by atoms with E-state index in [1.54, 1.807) is 30.3 Å². The van der Waals surface area contributed by atoms with Gasteiger partial charge in [0.1, 0.15) is 17.6 Å². The van der Waals surface area contributed by atoms with E-state index in [2.05, 4.69) is 5.32 Å². The van der Waals surface area contributed by atoms with Gasteiger partial charge in [-0.05, 0) is 30.3 Å². The minimum Gasteiger partial charge on any atom is -0.484 e. The van der Waals surface area contributed by atoms with Gasteiger partial charge in [-0.25, -0.2) is 0 Å². The van der Waals surface area contributed by atoms with E-state index in [-0.39, 0.29) is 19.1 Å². The number of ether oxygens (including phenoxy) is 1. The zero-order valence-electron chi connectivity index (χ0n) is 10.9. The van der Waals surface area contributed by atoms with E-state index in [1.165, 1.54) is 6.26 Å². The summed E-state index contributed by atoms with van der Waals surface area (Å²) in [6, 6.07) is 7.96. The highest BCUT2D eigenvalue weighted by Crippen LogP contribution is 2.24. The molecule has 0 spiro atoms. The van der Waals surface area contributed by atoms with Crippen molar-refractivity contribution in [2.45, 2.75) is 6.10 Å². The maximum Gasteiger partial charge on any atom is 0.258 e. The highest BCUT2D eigenvalue weighted by atomic mass is 35.5. The van der Waals surface area contributed by atoms with E-state index in [4.69, 9.17) is 32.4 Å². The number of benzene rings is 1. The van der Waals surface area contributed by atoms with Gasteiger partial charge >= 0.3 is 0 Å². The Balaban J connectivity index is 1.77. The third kappa shape index (κ3) is 4.97. The molecule has 0 radical (unpaired) electrons. The summed E-state index contributed by atoms with van der Waals surface area (Å²) >= 11 is 11.6. The predicted molar refractivity (Wildman–Crippen MR) is 78.6 cm³/mol. The number of carbonyl (C=O) groups is 1. The van der Waals surface area contributed by atoms with Crippen LogP contribution in [0.15, 0.2) is 41.0 Å². The average molecular weight is 330 g/mol. The van der Waals surface area contributed by atoms with E-state index in [9.17, 15) is 9.90 Å². The van der Waals surface area contributed by atoms with Crippen molar-refractivity contribution in [1.82, 2.24) is 5.32 Å². The van der Waals surface area contributed by atoms with Gasteiger partial charge in [-0.2, -0.15) is 0 Å². The maximum absolute atomic E-state index is 11.6. The topological polar surface area (TPSA) is 71.7 Å². The zero-order valence-corrected chi connectivity index (χ0v) is 12.4. The number of hydrogen-bond donors (Lipinski definition) is 2. The Hall–Kier alpha value is -1.69. The number of rotatable bonds is 6. The van der Waals surface area contributed by atoms with Gasteiger partial charge in [-0.1, -0.05) is 23.2 Å². The van der Waals surface area contributed by atoms with E-state index < -0.39 is 6.10 Å². The largest absolute Gasteiger partial charge is 0.484 e. The summed E-state index contributed by atoms with van der Waals surface area (Å²) in [7, 11) is 0. The zero-order chi connectivity index (χ0) is 15.2. The van der Waals surface area contributed by atoms with Crippen LogP contribution < -0.4 is 10.1 Å². The molecular formula is C14H13Cl2NO4. The van der Waals surface area contributed by atoms with Crippen molar-refractivity contribution in [1.29, 1.82) is 0 Å². The molecule has 2 rings (SSSR count). The van der Waals surface area contributed by atoms with Crippen LogP contribution in [-0.4, -0.2) is 24.2 Å². The quantitative estimate of drug-likeness (QED) is 0.854. The van der Waals surface area contributed by atoms with Crippen molar-refractivity contribution >= 4 is 29.1 Å². The van der Waals surface area contributed by atoms with Gasteiger partial charge in [-0.15, -0.1) is 0 Å². The third-order valence-corrected chi connectivity index (χ3v) is 3.01. The minimum atomic E-state index is -0.899. The first kappa shape index (κ1) is 15.7. The second kappa shape index (κ2) is 7.36. The highest BCUT2D eigenvalue weighted by molar-refractivity contribution is 6.34. The molecule has 2 N–H and O–H groups in total. The Bertz CT molecular complexity index is 581. The molecule has 1 heterocycles. The van der Waals surface area contributed by atoms with Gasteiger partial charge < -0.3 is 19.6 Å². The first-order chi connectivity index (χ1) is 10.0. The fourth-order valence-corrected chi connectivity index (χ4v) is 2.11. The lowest BCUT2D eigenvalue weighted by Crippen LogP contribution is -2.32. The van der Waals surface area contributed by atoms with Crippen LogP contribution in [0.4, 0.5) is 0 Å². The molecule has 0 aliphatic heterocycles. The molecule has 0 aliphatic carbocycles. The summed E-state index contributed by atoms with van der Waals surface area (Å²) in [6.45, 7) is -0.173. The number of aliphatic hydroxyl groups is 1. The summed E-state index contributed by atoms with van der Waals surface area (Å²) in [4.78, 5) is 11.6. The molecule has 7 heteroatoms. The standard InChI is InChI=1S/C14H13Cl2NO4/c15-9-4-10(16)6-11(5-9)21-8-14(19)17-7-12(18)13-2-1-3-20-13/h1-6,12,18H,7-8H2,(H,17,19)/t12-/m0/s1. The first-order valence-corrected chi connectivity index (χ1v) is 6.87. The lowest BCUT2D eigenvalue weighted by atomic mass is 10.3. The lowest BCUT2D eigenvalue weighted by molar-refractivity contribution is -0.123. The Morgan fingerprint density at radius 2 is 2.05 bits per heavy atom. The molecule has 0 unspecified atom stereocenters. The van der Waals surface area contributed by atoms with Crippen LogP contribution in [0.5, 0.6) is 5.75 Å². The summed E-state index contributed by atoms with van der Waals surface area (Å²) < 4.78 is 10.3. The molecule has 1 aromatic carbocycles. The molecule has 112 valence electrons. The molecule has 21 heavy (non-hydrogen) atoms. The van der Waals surface area contributed by atoms with Crippen LogP contribution in [0.3, 0.4) is 0 Å². The predicted octanol–water partition coefficient (Wildman–Crippen LogP) is 2.82. The van der Waals surface area contributed by atoms with E-state index in [0.717, 1.165) is 0 Å². The number of halogens is 2. The molecule has 0 saturated carbocycles. The van der Waals surface area contributed by atoms with Crippen molar-refractivity contribution in [2.75, 3.05) is 13.2 Å². The number of aliphatic hydroxyl groups excluding tert-OH is 1. The highest BCUT2D eigenvalue weighted by Gasteiger charge is 2.12. The van der Waals surface area contributed by atoms with Crippen LogP contribution in [-0.2, 0) is 4.79 Å². The Morgan fingerprint density at radius 1 is 1.33 bits per heavy atom. The molecule has 5 nitrogen and oxygen atoms in total. The van der Waals surface area contributed by atoms with Crippen molar-refractivity contribution in [3.05, 3.63) is 52.4 Å². The van der Waals surface area contributed by atoms with Crippen molar-refractivity contribution in [2.24, 2.45) is 0 Å². The fourth-order valence-electron chi connectivity index (χ4n) is 1.60. The van der Waals surface area contributed by atoms with E-state index in [0.29, 0.717) is 21.6 Å². The number of hydrogen-bond acceptors (Lipinski definition) is 4. The second-order valence-electron chi connectivity index (χ2n) is 4.23. The van der Waals surface area contributed by atoms with Crippen LogP contribution in [0.1, 0.15) is 11.9 Å². The summed E-state index contributed by atoms with van der Waals surface area (Å²) in [5.41, 5.74) is 0. The SMILES string of the molecule is O=C(COc1cc(Cl)cc(Cl)c1)NC[C@H](O)c1ccco1. The first-order valence-electron chi connectivity index (χ1n) is 6.11. The molecule has 1 amide bonds. The smallest absolute Gasteiger partial charge is 0.258 e. The van der Waals surface area contributed by atoms with Crippen LogP contribution in [0.2, 0.25) is 10.0 Å². The van der Waals surface area contributed by atoms with E-state index in [1.807, 2.05) is 0 Å². The Morgan fingerprint density at radius 3 is 2.67 bits per heavy atom. The van der Waals surface area contributed by atoms with E-state index >= 15 is 0 Å². The van der Waals surface area contributed by atoms with Gasteiger partial charge in [-0.3, -0.25) is 4.79 Å². The maximum atomic E-state index is 11.6. The van der Waals surface area contributed by atoms with Crippen molar-refractivity contribution < 1.29 is 19.1 Å². The third-order valence-electron chi connectivity index (χ3n) is 2.57. The number of furan rings is 1. The fraction of sp³-hybridized carbons (Fsp3) is 0.214.